The maximum atomic E-state index is 11.0. The summed E-state index contributed by atoms with van der Waals surface area (Å²) in [6, 6.07) is 24.3. The highest BCUT2D eigenvalue weighted by molar-refractivity contribution is 5.93. The molecule has 0 spiro atoms. The zero-order valence-electron chi connectivity index (χ0n) is 12.9. The number of primary amides is 1. The van der Waals surface area contributed by atoms with Gasteiger partial charge in [0.25, 0.3) is 0 Å². The zero-order chi connectivity index (χ0) is 16.8. The summed E-state index contributed by atoms with van der Waals surface area (Å²) in [5, 5.41) is 11.6. The first-order valence-corrected chi connectivity index (χ1v) is 7.44. The van der Waals surface area contributed by atoms with E-state index in [2.05, 4.69) is 15.5 Å². The van der Waals surface area contributed by atoms with Gasteiger partial charge in [0.2, 0.25) is 5.91 Å². The lowest BCUT2D eigenvalue weighted by molar-refractivity contribution is 0.100. The smallest absolute Gasteiger partial charge is 0.248 e. The number of nitrogens with one attached hydrogen (secondary N) is 1. The SMILES string of the molecule is NC(=O)c1ccc(N=Nc2ccc(Nc3ccccc3)cc2)cc1. The molecule has 0 atom stereocenters. The highest BCUT2D eigenvalue weighted by Gasteiger charge is 1.99. The Labute approximate surface area is 139 Å². The lowest BCUT2D eigenvalue weighted by atomic mass is 10.2. The molecule has 118 valence electrons. The van der Waals surface area contributed by atoms with Crippen LogP contribution in [0.3, 0.4) is 0 Å². The number of rotatable bonds is 5. The fourth-order valence-corrected chi connectivity index (χ4v) is 2.11. The first-order chi connectivity index (χ1) is 11.7. The molecule has 0 radical (unpaired) electrons. The summed E-state index contributed by atoms with van der Waals surface area (Å²) in [5.74, 6) is -0.458. The third-order valence-corrected chi connectivity index (χ3v) is 3.36. The predicted octanol–water partition coefficient (Wildman–Crippen LogP) is 4.94. The van der Waals surface area contributed by atoms with E-state index in [-0.39, 0.29) is 0 Å². The van der Waals surface area contributed by atoms with Crippen LogP contribution in [0.15, 0.2) is 89.1 Å². The molecule has 5 nitrogen and oxygen atoms in total. The molecule has 3 aromatic carbocycles. The van der Waals surface area contributed by atoms with E-state index in [0.717, 1.165) is 17.1 Å². The van der Waals surface area contributed by atoms with Crippen molar-refractivity contribution in [2.24, 2.45) is 16.0 Å². The quantitative estimate of drug-likeness (QED) is 0.653. The Morgan fingerprint density at radius 3 is 1.75 bits per heavy atom. The van der Waals surface area contributed by atoms with Crippen molar-refractivity contribution < 1.29 is 4.79 Å². The van der Waals surface area contributed by atoms with E-state index in [9.17, 15) is 4.79 Å². The van der Waals surface area contributed by atoms with E-state index < -0.39 is 5.91 Å². The van der Waals surface area contributed by atoms with Gasteiger partial charge in [-0.25, -0.2) is 0 Å². The van der Waals surface area contributed by atoms with Gasteiger partial charge in [-0.2, -0.15) is 10.2 Å². The fraction of sp³-hybridized carbons (Fsp3) is 0. The molecule has 3 aromatic rings. The standard InChI is InChI=1S/C19H16N4O/c20-19(24)14-6-8-17(9-7-14)22-23-18-12-10-16(11-13-18)21-15-4-2-1-3-5-15/h1-13,21H,(H2,20,24). The third kappa shape index (κ3) is 4.04. The zero-order valence-corrected chi connectivity index (χ0v) is 12.9. The lowest BCUT2D eigenvalue weighted by Gasteiger charge is -2.05. The second kappa shape index (κ2) is 7.19. The number of hydrogen-bond acceptors (Lipinski definition) is 4. The van der Waals surface area contributed by atoms with Gasteiger partial charge in [0, 0.05) is 16.9 Å². The maximum absolute atomic E-state index is 11.0. The van der Waals surface area contributed by atoms with E-state index in [4.69, 9.17) is 5.73 Å². The van der Waals surface area contributed by atoms with Crippen LogP contribution in [0.2, 0.25) is 0 Å². The Kier molecular flexibility index (Phi) is 4.62. The number of para-hydroxylation sites is 1. The van der Waals surface area contributed by atoms with Gasteiger partial charge in [-0.15, -0.1) is 0 Å². The van der Waals surface area contributed by atoms with Crippen LogP contribution in [0.4, 0.5) is 22.7 Å². The monoisotopic (exact) mass is 316 g/mol. The summed E-state index contributed by atoms with van der Waals surface area (Å²) >= 11 is 0. The molecule has 3 rings (SSSR count). The van der Waals surface area contributed by atoms with Gasteiger partial charge in [0.1, 0.15) is 0 Å². The first-order valence-electron chi connectivity index (χ1n) is 7.44. The van der Waals surface area contributed by atoms with Crippen molar-refractivity contribution in [3.63, 3.8) is 0 Å². The average molecular weight is 316 g/mol. The molecular formula is C19H16N4O. The van der Waals surface area contributed by atoms with Crippen LogP contribution < -0.4 is 11.1 Å². The average Bonchev–Trinajstić information content (AvgIpc) is 2.62. The summed E-state index contributed by atoms with van der Waals surface area (Å²) in [7, 11) is 0. The number of hydrogen-bond donors (Lipinski definition) is 2. The molecule has 24 heavy (non-hydrogen) atoms. The summed E-state index contributed by atoms with van der Waals surface area (Å²) < 4.78 is 0. The molecule has 0 aromatic heterocycles. The summed E-state index contributed by atoms with van der Waals surface area (Å²) in [5.41, 5.74) is 9.06. The van der Waals surface area contributed by atoms with Crippen LogP contribution in [-0.4, -0.2) is 5.91 Å². The van der Waals surface area contributed by atoms with Crippen LogP contribution in [-0.2, 0) is 0 Å². The van der Waals surface area contributed by atoms with Gasteiger partial charge >= 0.3 is 0 Å². The minimum absolute atomic E-state index is 0.449. The Hall–Kier alpha value is -3.47. The summed E-state index contributed by atoms with van der Waals surface area (Å²) in [4.78, 5) is 11.0. The second-order valence-corrected chi connectivity index (χ2v) is 5.15. The van der Waals surface area contributed by atoms with Crippen molar-refractivity contribution in [3.05, 3.63) is 84.4 Å². The van der Waals surface area contributed by atoms with E-state index in [1.807, 2.05) is 54.6 Å². The molecule has 0 fully saturated rings. The molecule has 0 aliphatic carbocycles. The van der Waals surface area contributed by atoms with E-state index >= 15 is 0 Å². The number of carbonyl (C=O) groups is 1. The number of nitrogens with two attached hydrogens (primary N) is 1. The highest BCUT2D eigenvalue weighted by Crippen LogP contribution is 2.22. The predicted molar refractivity (Wildman–Crippen MR) is 95.3 cm³/mol. The molecular weight excluding hydrogens is 300 g/mol. The molecule has 0 unspecified atom stereocenters. The highest BCUT2D eigenvalue weighted by atomic mass is 16.1. The molecule has 0 aliphatic heterocycles. The minimum Gasteiger partial charge on any atom is -0.366 e. The van der Waals surface area contributed by atoms with Gasteiger partial charge in [-0.05, 0) is 60.7 Å². The first kappa shape index (κ1) is 15.4. The summed E-state index contributed by atoms with van der Waals surface area (Å²) in [6.45, 7) is 0. The van der Waals surface area contributed by atoms with Gasteiger partial charge in [0.15, 0.2) is 0 Å². The third-order valence-electron chi connectivity index (χ3n) is 3.36. The Morgan fingerprint density at radius 2 is 1.21 bits per heavy atom. The van der Waals surface area contributed by atoms with Crippen molar-refractivity contribution >= 4 is 28.7 Å². The van der Waals surface area contributed by atoms with E-state index in [1.165, 1.54) is 0 Å². The summed E-state index contributed by atoms with van der Waals surface area (Å²) in [6.07, 6.45) is 0. The minimum atomic E-state index is -0.458. The van der Waals surface area contributed by atoms with Gasteiger partial charge in [-0.3, -0.25) is 4.79 Å². The molecule has 0 saturated heterocycles. The van der Waals surface area contributed by atoms with Crippen molar-refractivity contribution in [1.82, 2.24) is 0 Å². The van der Waals surface area contributed by atoms with Crippen molar-refractivity contribution in [1.29, 1.82) is 0 Å². The second-order valence-electron chi connectivity index (χ2n) is 5.15. The van der Waals surface area contributed by atoms with Gasteiger partial charge in [0.05, 0.1) is 11.4 Å². The number of carbonyl (C=O) groups excluding carboxylic acids is 1. The van der Waals surface area contributed by atoms with Crippen LogP contribution in [0.1, 0.15) is 10.4 Å². The number of anilines is 2. The maximum Gasteiger partial charge on any atom is 0.248 e. The topological polar surface area (TPSA) is 79.8 Å². The van der Waals surface area contributed by atoms with E-state index in [1.54, 1.807) is 24.3 Å². The number of azo groups is 1. The van der Waals surface area contributed by atoms with Crippen LogP contribution >= 0.6 is 0 Å². The number of amides is 1. The van der Waals surface area contributed by atoms with Crippen molar-refractivity contribution in [3.8, 4) is 0 Å². The fourth-order valence-electron chi connectivity index (χ4n) is 2.11. The molecule has 1 amide bonds. The molecule has 0 heterocycles. The Balaban J connectivity index is 1.66. The molecule has 0 saturated carbocycles. The molecule has 0 aliphatic rings. The normalized spacial score (nSPS) is 10.7. The number of benzene rings is 3. The largest absolute Gasteiger partial charge is 0.366 e. The molecule has 5 heteroatoms. The molecule has 0 bridgehead atoms. The van der Waals surface area contributed by atoms with Gasteiger partial charge in [-0.1, -0.05) is 18.2 Å². The Morgan fingerprint density at radius 1 is 0.708 bits per heavy atom. The lowest BCUT2D eigenvalue weighted by Crippen LogP contribution is -2.10. The van der Waals surface area contributed by atoms with Gasteiger partial charge < -0.3 is 11.1 Å². The van der Waals surface area contributed by atoms with Crippen molar-refractivity contribution in [2.75, 3.05) is 5.32 Å². The van der Waals surface area contributed by atoms with E-state index in [0.29, 0.717) is 11.3 Å². The van der Waals surface area contributed by atoms with Crippen molar-refractivity contribution in [2.45, 2.75) is 0 Å². The Bertz CT molecular complexity index is 841. The van der Waals surface area contributed by atoms with Crippen LogP contribution in [0, 0.1) is 0 Å². The van der Waals surface area contributed by atoms with Crippen LogP contribution in [0.25, 0.3) is 0 Å². The number of nitrogens with zero attached hydrogens (tertiary/aromatic N) is 2. The molecule has 3 N–H and O–H groups in total. The van der Waals surface area contributed by atoms with Crippen LogP contribution in [0.5, 0.6) is 0 Å².